The zero-order chi connectivity index (χ0) is 15.8. The summed E-state index contributed by atoms with van der Waals surface area (Å²) in [6.07, 6.45) is -1.03. The summed E-state index contributed by atoms with van der Waals surface area (Å²) in [7, 11) is 1.24. The van der Waals surface area contributed by atoms with Gasteiger partial charge in [-0.05, 0) is 0 Å². The molecule has 20 heavy (non-hydrogen) atoms. The predicted octanol–water partition coefficient (Wildman–Crippen LogP) is -0.492. The lowest BCUT2D eigenvalue weighted by molar-refractivity contribution is -0.870. The number of hydrogen-bond acceptors (Lipinski definition) is 7. The van der Waals surface area contributed by atoms with E-state index in [0.717, 1.165) is 0 Å². The van der Waals surface area contributed by atoms with Crippen LogP contribution in [-0.2, 0) is 23.1 Å². The number of nitrogens with zero attached hydrogens (tertiary/aromatic N) is 1. The van der Waals surface area contributed by atoms with Crippen LogP contribution in [-0.4, -0.2) is 69.2 Å². The molecule has 0 aliphatic heterocycles. The molecule has 0 radical (unpaired) electrons. The second-order valence-corrected chi connectivity index (χ2v) is 6.69. The van der Waals surface area contributed by atoms with Crippen molar-refractivity contribution in [1.82, 2.24) is 0 Å². The molecule has 1 N–H and O–H groups in total. The Morgan fingerprint density at radius 2 is 1.90 bits per heavy atom. The third kappa shape index (κ3) is 11.3. The van der Waals surface area contributed by atoms with Crippen LogP contribution in [0.25, 0.3) is 0 Å². The lowest BCUT2D eigenvalue weighted by atomic mass is 10.4. The zero-order valence-corrected chi connectivity index (χ0v) is 13.3. The fourth-order valence-electron chi connectivity index (χ4n) is 0.980. The Labute approximate surface area is 119 Å². The van der Waals surface area contributed by atoms with Crippen LogP contribution in [0.1, 0.15) is 13.3 Å². The van der Waals surface area contributed by atoms with Gasteiger partial charge >= 0.3 is 5.97 Å². The first-order chi connectivity index (χ1) is 9.06. The number of carbonyl (C=O) groups excluding carboxylic acids is 1. The molecule has 120 valence electrons. The van der Waals surface area contributed by atoms with Crippen LogP contribution in [0, 0.1) is 0 Å². The highest BCUT2D eigenvalue weighted by Crippen LogP contribution is 2.38. The van der Waals surface area contributed by atoms with E-state index in [4.69, 9.17) is 0 Å². The number of esters is 1. The Balaban J connectivity index is 3.91. The highest BCUT2D eigenvalue weighted by Gasteiger charge is 2.16. The van der Waals surface area contributed by atoms with Crippen LogP contribution in [0.15, 0.2) is 0 Å². The number of rotatable bonds is 10. The van der Waals surface area contributed by atoms with Crippen molar-refractivity contribution >= 4 is 13.8 Å². The van der Waals surface area contributed by atoms with Crippen molar-refractivity contribution in [1.29, 1.82) is 0 Å². The minimum Gasteiger partial charge on any atom is -0.756 e. The van der Waals surface area contributed by atoms with E-state index in [0.29, 0.717) is 11.0 Å². The zero-order valence-electron chi connectivity index (χ0n) is 12.4. The van der Waals surface area contributed by atoms with Gasteiger partial charge in [-0.2, -0.15) is 0 Å². The molecule has 0 amide bonds. The average Bonchev–Trinajstić information content (AvgIpc) is 2.31. The van der Waals surface area contributed by atoms with E-state index in [-0.39, 0.29) is 19.6 Å². The van der Waals surface area contributed by atoms with Gasteiger partial charge in [0.15, 0.2) is 0 Å². The van der Waals surface area contributed by atoms with Gasteiger partial charge in [0.1, 0.15) is 25.9 Å². The molecule has 0 aromatic carbocycles. The molecule has 0 saturated carbocycles. The monoisotopic (exact) mass is 313 g/mol. The average molecular weight is 313 g/mol. The van der Waals surface area contributed by atoms with Gasteiger partial charge in [-0.3, -0.25) is 9.36 Å². The molecule has 0 aliphatic carbocycles. The van der Waals surface area contributed by atoms with Crippen LogP contribution in [0.5, 0.6) is 0 Å². The summed E-state index contributed by atoms with van der Waals surface area (Å²) in [5.41, 5.74) is 0. The third-order valence-electron chi connectivity index (χ3n) is 2.16. The smallest absolute Gasteiger partial charge is 0.305 e. The molecule has 1 unspecified atom stereocenters. The largest absolute Gasteiger partial charge is 0.756 e. The summed E-state index contributed by atoms with van der Waals surface area (Å²) in [4.78, 5) is 22.2. The summed E-state index contributed by atoms with van der Waals surface area (Å²) in [5, 5.41) is 9.39. The summed E-state index contributed by atoms with van der Waals surface area (Å²) in [6, 6.07) is 0. The van der Waals surface area contributed by atoms with Crippen molar-refractivity contribution < 1.29 is 37.6 Å². The first-order valence-electron chi connectivity index (χ1n) is 6.30. The number of quaternary nitrogens is 1. The van der Waals surface area contributed by atoms with Crippen LogP contribution in [0.2, 0.25) is 0 Å². The first-order valence-corrected chi connectivity index (χ1v) is 7.76. The van der Waals surface area contributed by atoms with Gasteiger partial charge < -0.3 is 28.3 Å². The van der Waals surface area contributed by atoms with Gasteiger partial charge in [0, 0.05) is 6.42 Å². The number of aliphatic hydroxyl groups is 1. The Morgan fingerprint density at radius 3 is 2.40 bits per heavy atom. The van der Waals surface area contributed by atoms with Crippen LogP contribution >= 0.6 is 7.82 Å². The maximum absolute atomic E-state index is 11.4. The van der Waals surface area contributed by atoms with E-state index < -0.39 is 26.5 Å². The lowest BCUT2D eigenvalue weighted by Crippen LogP contribution is -2.37. The molecule has 2 atom stereocenters. The number of carbonyl (C=O) groups is 1. The minimum absolute atomic E-state index is 0.00874. The van der Waals surface area contributed by atoms with Crippen molar-refractivity contribution in [3.63, 3.8) is 0 Å². The molecular formula is C11H24NO7P. The molecule has 0 heterocycles. The summed E-state index contributed by atoms with van der Waals surface area (Å²) >= 11 is 0. The molecule has 0 aromatic rings. The molecular weight excluding hydrogens is 289 g/mol. The van der Waals surface area contributed by atoms with E-state index in [2.05, 4.69) is 13.8 Å². The molecule has 0 saturated heterocycles. The number of phosphoric ester groups is 1. The van der Waals surface area contributed by atoms with Crippen LogP contribution in [0.4, 0.5) is 0 Å². The van der Waals surface area contributed by atoms with E-state index in [9.17, 15) is 19.4 Å². The summed E-state index contributed by atoms with van der Waals surface area (Å²) in [5.74, 6) is -0.478. The quantitative estimate of drug-likeness (QED) is 0.329. The molecule has 0 fully saturated rings. The second kappa shape index (κ2) is 8.71. The maximum atomic E-state index is 11.4. The minimum atomic E-state index is -4.45. The molecule has 8 nitrogen and oxygen atoms in total. The van der Waals surface area contributed by atoms with Gasteiger partial charge in [0.25, 0.3) is 7.82 Å². The highest BCUT2D eigenvalue weighted by atomic mass is 31.2. The van der Waals surface area contributed by atoms with E-state index in [1.807, 2.05) is 21.1 Å². The predicted molar refractivity (Wildman–Crippen MR) is 69.7 cm³/mol. The summed E-state index contributed by atoms with van der Waals surface area (Å²) in [6.45, 7) is 1.27. The Hall–Kier alpha value is -0.500. The van der Waals surface area contributed by atoms with E-state index >= 15 is 0 Å². The number of likely N-dealkylation sites (N-methyl/N-ethyl adjacent to an activating group) is 1. The van der Waals surface area contributed by atoms with E-state index in [1.165, 1.54) is 0 Å². The SMILES string of the molecule is CCC(=O)OC[C@@H](O)COP(=O)([O-])OCC[N+](C)(C)C. The van der Waals surface area contributed by atoms with Gasteiger partial charge in [-0.15, -0.1) is 0 Å². The number of hydrogen-bond donors (Lipinski definition) is 1. The third-order valence-corrected chi connectivity index (χ3v) is 3.13. The Bertz CT molecular complexity index is 342. The summed E-state index contributed by atoms with van der Waals surface area (Å²) < 4.78 is 25.7. The molecule has 0 aliphatic rings. The van der Waals surface area contributed by atoms with Crippen LogP contribution < -0.4 is 4.89 Å². The molecule has 0 aromatic heterocycles. The van der Waals surface area contributed by atoms with Crippen molar-refractivity contribution in [2.24, 2.45) is 0 Å². The standard InChI is InChI=1S/C11H24NO7P/c1-5-11(14)17-8-10(13)9-19-20(15,16)18-7-6-12(2,3)4/h10,13H,5-9H2,1-4H3/t10-/m1/s1. The van der Waals surface area contributed by atoms with E-state index in [1.54, 1.807) is 6.92 Å². The molecule has 0 bridgehead atoms. The van der Waals surface area contributed by atoms with Crippen molar-refractivity contribution in [3.05, 3.63) is 0 Å². The number of phosphoric acid groups is 1. The van der Waals surface area contributed by atoms with Gasteiger partial charge in [-0.25, -0.2) is 0 Å². The van der Waals surface area contributed by atoms with Crippen molar-refractivity contribution in [2.45, 2.75) is 19.4 Å². The highest BCUT2D eigenvalue weighted by molar-refractivity contribution is 7.45. The fraction of sp³-hybridized carbons (Fsp3) is 0.909. The topological polar surface area (TPSA) is 105 Å². The first kappa shape index (κ1) is 19.5. The van der Waals surface area contributed by atoms with Crippen LogP contribution in [0.3, 0.4) is 0 Å². The molecule has 0 spiro atoms. The normalized spacial score (nSPS) is 16.5. The van der Waals surface area contributed by atoms with Gasteiger partial charge in [0.2, 0.25) is 0 Å². The lowest BCUT2D eigenvalue weighted by Gasteiger charge is -2.27. The Kier molecular flexibility index (Phi) is 8.50. The molecule has 0 rings (SSSR count). The number of aliphatic hydroxyl groups excluding tert-OH is 1. The number of ether oxygens (including phenoxy) is 1. The van der Waals surface area contributed by atoms with Crippen molar-refractivity contribution in [2.75, 3.05) is 47.5 Å². The maximum Gasteiger partial charge on any atom is 0.305 e. The molecule has 9 heteroatoms. The van der Waals surface area contributed by atoms with Crippen molar-refractivity contribution in [3.8, 4) is 0 Å². The van der Waals surface area contributed by atoms with Gasteiger partial charge in [0.05, 0.1) is 27.7 Å². The van der Waals surface area contributed by atoms with Gasteiger partial charge in [-0.1, -0.05) is 6.92 Å². The fourth-order valence-corrected chi connectivity index (χ4v) is 1.71. The second-order valence-electron chi connectivity index (χ2n) is 5.28. The Morgan fingerprint density at radius 1 is 1.30 bits per heavy atom.